The molecule has 6 aromatic rings. The van der Waals surface area contributed by atoms with Crippen molar-refractivity contribution in [1.82, 2.24) is 0 Å². The molecule has 8 rings (SSSR count). The number of hydrogen-bond acceptors (Lipinski definition) is 4. The molecule has 0 aromatic heterocycles. The summed E-state index contributed by atoms with van der Waals surface area (Å²) in [5.41, 5.74) is 9.94. The monoisotopic (exact) mass is 578 g/mol. The van der Waals surface area contributed by atoms with Crippen LogP contribution in [0.2, 0.25) is 0 Å². The van der Waals surface area contributed by atoms with Gasteiger partial charge in [-0.1, -0.05) is 78.9 Å². The van der Waals surface area contributed by atoms with Gasteiger partial charge in [0.25, 0.3) is 0 Å². The minimum absolute atomic E-state index is 0.632. The second-order valence-electron chi connectivity index (χ2n) is 11.7. The van der Waals surface area contributed by atoms with Crippen molar-refractivity contribution in [3.8, 4) is 44.9 Å². The molecular formula is C40H34O4. The maximum atomic E-state index is 6.56. The van der Waals surface area contributed by atoms with Gasteiger partial charge >= 0.3 is 0 Å². The SMILES string of the molecule is COC1(OC)c2cc(-c3cc4c5c(cccc5c3)-c3ccccc3OCCCCO4)ccc2-c2cccc3c(C)ccc1c23. The molecule has 0 N–H and O–H groups in total. The Morgan fingerprint density at radius 3 is 2.11 bits per heavy atom. The van der Waals surface area contributed by atoms with E-state index in [2.05, 4.69) is 104 Å². The number of benzene rings is 6. The van der Waals surface area contributed by atoms with Gasteiger partial charge < -0.3 is 18.9 Å². The summed E-state index contributed by atoms with van der Waals surface area (Å²) >= 11 is 0. The first kappa shape index (κ1) is 26.9. The fraction of sp³-hybridized carbons (Fsp3) is 0.200. The van der Waals surface area contributed by atoms with Gasteiger partial charge in [0.2, 0.25) is 5.79 Å². The normalized spacial score (nSPS) is 15.1. The smallest absolute Gasteiger partial charge is 0.223 e. The van der Waals surface area contributed by atoms with Gasteiger partial charge in [-0.15, -0.1) is 0 Å². The summed E-state index contributed by atoms with van der Waals surface area (Å²) in [6.45, 7) is 3.46. The van der Waals surface area contributed by atoms with Gasteiger partial charge in [-0.3, -0.25) is 0 Å². The summed E-state index contributed by atoms with van der Waals surface area (Å²) in [7, 11) is 3.47. The van der Waals surface area contributed by atoms with Gasteiger partial charge in [-0.05, 0) is 93.6 Å². The zero-order valence-corrected chi connectivity index (χ0v) is 25.3. The van der Waals surface area contributed by atoms with Crippen molar-refractivity contribution in [2.45, 2.75) is 25.6 Å². The lowest BCUT2D eigenvalue weighted by molar-refractivity contribution is -0.182. The first-order valence-electron chi connectivity index (χ1n) is 15.3. The molecule has 2 aliphatic rings. The van der Waals surface area contributed by atoms with E-state index in [9.17, 15) is 0 Å². The largest absolute Gasteiger partial charge is 0.493 e. The molecule has 0 amide bonds. The standard InChI is InChI=1S/C40H34O4/c1-25-16-19-34-39-29(25)12-9-14-32(39)30-18-17-26(23-35(30)40(34,41-2)42-3)28-22-27-10-8-13-33-31-11-4-5-15-36(31)43-20-6-7-21-44-37(24-28)38(27)33/h4-5,8-19,22-24H,6-7,20-21H2,1-3H3. The minimum Gasteiger partial charge on any atom is -0.493 e. The van der Waals surface area contributed by atoms with Gasteiger partial charge in [0.1, 0.15) is 11.5 Å². The van der Waals surface area contributed by atoms with Crippen LogP contribution in [0.25, 0.3) is 54.9 Å². The van der Waals surface area contributed by atoms with Gasteiger partial charge in [-0.2, -0.15) is 0 Å². The Kier molecular flexibility index (Phi) is 6.44. The molecule has 0 bridgehead atoms. The zero-order valence-electron chi connectivity index (χ0n) is 25.3. The van der Waals surface area contributed by atoms with Crippen LogP contribution in [0.5, 0.6) is 11.5 Å². The molecule has 0 unspecified atom stereocenters. The Morgan fingerprint density at radius 1 is 0.568 bits per heavy atom. The predicted molar refractivity (Wildman–Crippen MR) is 178 cm³/mol. The number of methoxy groups -OCH3 is 2. The van der Waals surface area contributed by atoms with Crippen LogP contribution in [-0.4, -0.2) is 27.4 Å². The van der Waals surface area contributed by atoms with Crippen LogP contribution >= 0.6 is 0 Å². The molecule has 44 heavy (non-hydrogen) atoms. The van der Waals surface area contributed by atoms with Gasteiger partial charge in [0.15, 0.2) is 0 Å². The predicted octanol–water partition coefficient (Wildman–Crippen LogP) is 9.66. The van der Waals surface area contributed by atoms with Crippen molar-refractivity contribution in [3.05, 3.63) is 120 Å². The minimum atomic E-state index is -1.03. The Bertz CT molecular complexity index is 2070. The van der Waals surface area contributed by atoms with E-state index in [-0.39, 0.29) is 0 Å². The summed E-state index contributed by atoms with van der Waals surface area (Å²) in [5, 5.41) is 4.63. The highest BCUT2D eigenvalue weighted by Gasteiger charge is 2.42. The van der Waals surface area contributed by atoms with Crippen molar-refractivity contribution >= 4 is 21.5 Å². The van der Waals surface area contributed by atoms with Crippen molar-refractivity contribution in [2.75, 3.05) is 27.4 Å². The van der Waals surface area contributed by atoms with Crippen LogP contribution < -0.4 is 9.47 Å². The Balaban J connectivity index is 1.35. The van der Waals surface area contributed by atoms with Gasteiger partial charge in [0, 0.05) is 36.3 Å². The maximum Gasteiger partial charge on any atom is 0.223 e. The van der Waals surface area contributed by atoms with E-state index in [1.165, 1.54) is 21.9 Å². The lowest BCUT2D eigenvalue weighted by Gasteiger charge is -2.38. The average molecular weight is 579 g/mol. The Hall–Kier alpha value is -4.64. The molecule has 4 heteroatoms. The highest BCUT2D eigenvalue weighted by Crippen LogP contribution is 2.51. The molecule has 4 nitrogen and oxygen atoms in total. The quantitative estimate of drug-likeness (QED) is 0.196. The summed E-state index contributed by atoms with van der Waals surface area (Å²) < 4.78 is 25.4. The Labute approximate surface area is 257 Å². The summed E-state index contributed by atoms with van der Waals surface area (Å²) in [5.74, 6) is 0.763. The van der Waals surface area contributed by atoms with E-state index >= 15 is 0 Å². The van der Waals surface area contributed by atoms with Crippen molar-refractivity contribution in [3.63, 3.8) is 0 Å². The van der Waals surface area contributed by atoms with E-state index in [1.807, 2.05) is 6.07 Å². The maximum absolute atomic E-state index is 6.56. The van der Waals surface area contributed by atoms with Crippen LogP contribution in [0, 0.1) is 6.92 Å². The van der Waals surface area contributed by atoms with E-state index < -0.39 is 5.79 Å². The van der Waals surface area contributed by atoms with Gasteiger partial charge in [-0.25, -0.2) is 0 Å². The third-order valence-corrected chi connectivity index (χ3v) is 9.36. The molecule has 0 saturated carbocycles. The highest BCUT2D eigenvalue weighted by atomic mass is 16.7. The van der Waals surface area contributed by atoms with Crippen molar-refractivity contribution in [1.29, 1.82) is 0 Å². The van der Waals surface area contributed by atoms with Crippen LogP contribution in [-0.2, 0) is 15.3 Å². The summed E-state index contributed by atoms with van der Waals surface area (Å²) in [4.78, 5) is 0. The first-order valence-corrected chi connectivity index (χ1v) is 15.3. The fourth-order valence-electron chi connectivity index (χ4n) is 7.23. The first-order chi connectivity index (χ1) is 21.6. The topological polar surface area (TPSA) is 36.9 Å². The molecule has 1 aliphatic heterocycles. The molecule has 1 heterocycles. The number of para-hydroxylation sites is 1. The molecule has 0 atom stereocenters. The number of hydrogen-bond donors (Lipinski definition) is 0. The third-order valence-electron chi connectivity index (χ3n) is 9.36. The van der Waals surface area contributed by atoms with Crippen molar-refractivity contribution in [2.24, 2.45) is 0 Å². The van der Waals surface area contributed by atoms with Crippen LogP contribution in [0.3, 0.4) is 0 Å². The van der Waals surface area contributed by atoms with Crippen molar-refractivity contribution < 1.29 is 18.9 Å². The van der Waals surface area contributed by atoms with E-state index in [0.717, 1.165) is 74.1 Å². The molecule has 0 fully saturated rings. The molecule has 1 aliphatic carbocycles. The molecular weight excluding hydrogens is 544 g/mol. The second kappa shape index (κ2) is 10.5. The molecule has 0 spiro atoms. The average Bonchev–Trinajstić information content (AvgIpc) is 3.10. The van der Waals surface area contributed by atoms with E-state index in [4.69, 9.17) is 18.9 Å². The number of aryl methyl sites for hydroxylation is 1. The Morgan fingerprint density at radius 2 is 1.30 bits per heavy atom. The molecule has 6 aromatic carbocycles. The number of rotatable bonds is 3. The van der Waals surface area contributed by atoms with Crippen LogP contribution in [0.15, 0.2) is 103 Å². The van der Waals surface area contributed by atoms with E-state index in [0.29, 0.717) is 13.2 Å². The summed E-state index contributed by atoms with van der Waals surface area (Å²) in [6.07, 6.45) is 1.85. The number of fused-ring (bicyclic) bond motifs is 4. The lowest BCUT2D eigenvalue weighted by atomic mass is 9.77. The van der Waals surface area contributed by atoms with E-state index in [1.54, 1.807) is 14.2 Å². The molecule has 0 radical (unpaired) electrons. The fourth-order valence-corrected chi connectivity index (χ4v) is 7.23. The van der Waals surface area contributed by atoms with Crippen LogP contribution in [0.1, 0.15) is 29.5 Å². The molecule has 218 valence electrons. The summed E-state index contributed by atoms with van der Waals surface area (Å²) in [6, 6.07) is 36.7. The van der Waals surface area contributed by atoms with Crippen LogP contribution in [0.4, 0.5) is 0 Å². The molecule has 0 saturated heterocycles. The second-order valence-corrected chi connectivity index (χ2v) is 11.7. The number of ether oxygens (including phenoxy) is 4. The lowest BCUT2D eigenvalue weighted by Crippen LogP contribution is -2.35. The van der Waals surface area contributed by atoms with Gasteiger partial charge in [0.05, 0.1) is 13.2 Å². The highest BCUT2D eigenvalue weighted by molar-refractivity contribution is 6.06. The zero-order chi connectivity index (χ0) is 29.8. The third kappa shape index (κ3) is 3.98.